The molecule has 0 spiro atoms. The van der Waals surface area contributed by atoms with E-state index in [-0.39, 0.29) is 11.9 Å². The van der Waals surface area contributed by atoms with Gasteiger partial charge in [-0.15, -0.1) is 0 Å². The van der Waals surface area contributed by atoms with Gasteiger partial charge in [-0.25, -0.2) is 0 Å². The summed E-state index contributed by atoms with van der Waals surface area (Å²) in [6.45, 7) is 2.08. The van der Waals surface area contributed by atoms with Gasteiger partial charge in [-0.3, -0.25) is 9.78 Å². The molecule has 1 aromatic carbocycles. The lowest BCUT2D eigenvalue weighted by Gasteiger charge is -2.16. The molecule has 2 aromatic rings. The molecule has 20 heavy (non-hydrogen) atoms. The predicted molar refractivity (Wildman–Crippen MR) is 80.7 cm³/mol. The molecule has 1 heterocycles. The fourth-order valence-corrected chi connectivity index (χ4v) is 1.93. The van der Waals surface area contributed by atoms with Crippen LogP contribution in [-0.2, 0) is 0 Å². The van der Waals surface area contributed by atoms with Gasteiger partial charge in [0.2, 0.25) is 0 Å². The third kappa shape index (κ3) is 3.35. The van der Waals surface area contributed by atoms with Crippen molar-refractivity contribution in [2.75, 3.05) is 19.4 Å². The minimum absolute atomic E-state index is 0.0110. The highest BCUT2D eigenvalue weighted by molar-refractivity contribution is 5.94. The van der Waals surface area contributed by atoms with Gasteiger partial charge < -0.3 is 10.2 Å². The first kappa shape index (κ1) is 14.1. The lowest BCUT2D eigenvalue weighted by molar-refractivity contribution is 0.0827. The predicted octanol–water partition coefficient (Wildman–Crippen LogP) is 2.96. The summed E-state index contributed by atoms with van der Waals surface area (Å²) >= 11 is 0. The van der Waals surface area contributed by atoms with Gasteiger partial charge in [-0.2, -0.15) is 0 Å². The van der Waals surface area contributed by atoms with E-state index in [1.165, 1.54) is 0 Å². The Bertz CT molecular complexity index is 564. The lowest BCUT2D eigenvalue weighted by atomic mass is 10.1. The number of pyridine rings is 1. The second-order valence-electron chi connectivity index (χ2n) is 4.93. The van der Waals surface area contributed by atoms with Gasteiger partial charge in [0.05, 0.1) is 6.04 Å². The molecule has 1 aromatic heterocycles. The number of benzene rings is 1. The first-order chi connectivity index (χ1) is 9.58. The zero-order chi connectivity index (χ0) is 14.5. The lowest BCUT2D eigenvalue weighted by Crippen LogP contribution is -2.21. The van der Waals surface area contributed by atoms with Crippen molar-refractivity contribution in [2.45, 2.75) is 13.0 Å². The summed E-state index contributed by atoms with van der Waals surface area (Å²) in [6.07, 6.45) is 3.61. The van der Waals surface area contributed by atoms with Gasteiger partial charge in [-0.05, 0) is 42.8 Å². The molecule has 0 radical (unpaired) electrons. The van der Waals surface area contributed by atoms with E-state index < -0.39 is 0 Å². The number of amides is 1. The number of anilines is 1. The average Bonchev–Trinajstić information content (AvgIpc) is 2.48. The molecule has 2 rings (SSSR count). The molecule has 0 saturated carbocycles. The third-order valence-corrected chi connectivity index (χ3v) is 3.11. The molecule has 0 saturated heterocycles. The van der Waals surface area contributed by atoms with E-state index in [2.05, 4.69) is 17.2 Å². The van der Waals surface area contributed by atoms with Crippen LogP contribution in [0.2, 0.25) is 0 Å². The summed E-state index contributed by atoms with van der Waals surface area (Å²) in [4.78, 5) is 17.5. The quantitative estimate of drug-likeness (QED) is 0.928. The Morgan fingerprint density at radius 3 is 2.45 bits per heavy atom. The second kappa shape index (κ2) is 6.19. The Labute approximate surface area is 119 Å². The molecule has 0 aliphatic rings. The summed E-state index contributed by atoms with van der Waals surface area (Å²) in [5.74, 6) is 0.0110. The molecule has 4 nitrogen and oxygen atoms in total. The van der Waals surface area contributed by atoms with Crippen LogP contribution in [0.25, 0.3) is 0 Å². The van der Waals surface area contributed by atoms with Crippen LogP contribution in [0.1, 0.15) is 28.9 Å². The molecule has 1 atom stereocenters. The monoisotopic (exact) mass is 269 g/mol. The summed E-state index contributed by atoms with van der Waals surface area (Å²) in [5, 5.41) is 3.39. The molecule has 0 fully saturated rings. The summed E-state index contributed by atoms with van der Waals surface area (Å²) < 4.78 is 0. The first-order valence-electron chi connectivity index (χ1n) is 6.56. The zero-order valence-corrected chi connectivity index (χ0v) is 12.0. The number of carbonyl (C=O) groups excluding carboxylic acids is 1. The maximum Gasteiger partial charge on any atom is 0.253 e. The van der Waals surface area contributed by atoms with Crippen molar-refractivity contribution in [3.8, 4) is 0 Å². The molecule has 0 bridgehead atoms. The molecule has 1 unspecified atom stereocenters. The van der Waals surface area contributed by atoms with Crippen molar-refractivity contribution in [3.05, 3.63) is 59.9 Å². The fraction of sp³-hybridized carbons (Fsp3) is 0.250. The highest BCUT2D eigenvalue weighted by Gasteiger charge is 2.08. The van der Waals surface area contributed by atoms with E-state index in [0.29, 0.717) is 5.56 Å². The minimum Gasteiger partial charge on any atom is -0.378 e. The van der Waals surface area contributed by atoms with Gasteiger partial charge in [0.15, 0.2) is 0 Å². The SMILES string of the molecule is CC(Nc1ccc(C(=O)N(C)C)cc1)c1cccnc1. The standard InChI is InChI=1S/C16H19N3O/c1-12(14-5-4-10-17-11-14)18-15-8-6-13(7-9-15)16(20)19(2)3/h4-12,18H,1-3H3. The number of hydrogen-bond donors (Lipinski definition) is 1. The van der Waals surface area contributed by atoms with Gasteiger partial charge in [0, 0.05) is 37.7 Å². The molecule has 0 aliphatic heterocycles. The van der Waals surface area contributed by atoms with Crippen LogP contribution >= 0.6 is 0 Å². The summed E-state index contributed by atoms with van der Waals surface area (Å²) in [7, 11) is 3.50. The Balaban J connectivity index is 2.06. The third-order valence-electron chi connectivity index (χ3n) is 3.11. The molecule has 0 aliphatic carbocycles. The van der Waals surface area contributed by atoms with E-state index in [1.54, 1.807) is 25.2 Å². The zero-order valence-electron chi connectivity index (χ0n) is 12.0. The Hall–Kier alpha value is -2.36. The number of nitrogens with one attached hydrogen (secondary N) is 1. The smallest absolute Gasteiger partial charge is 0.253 e. The molecular weight excluding hydrogens is 250 g/mol. The summed E-state index contributed by atoms with van der Waals surface area (Å²) in [6, 6.07) is 11.6. The molecule has 1 amide bonds. The number of rotatable bonds is 4. The van der Waals surface area contributed by atoms with Crippen molar-refractivity contribution >= 4 is 11.6 Å². The van der Waals surface area contributed by atoms with Crippen LogP contribution in [0.15, 0.2) is 48.8 Å². The van der Waals surface area contributed by atoms with Crippen LogP contribution in [0.5, 0.6) is 0 Å². The number of nitrogens with zero attached hydrogens (tertiary/aromatic N) is 2. The Morgan fingerprint density at radius 1 is 1.20 bits per heavy atom. The van der Waals surface area contributed by atoms with Crippen LogP contribution < -0.4 is 5.32 Å². The van der Waals surface area contributed by atoms with Crippen molar-refractivity contribution in [3.63, 3.8) is 0 Å². The van der Waals surface area contributed by atoms with Gasteiger partial charge in [0.25, 0.3) is 5.91 Å². The molecule has 4 heteroatoms. The maximum atomic E-state index is 11.8. The van der Waals surface area contributed by atoms with Crippen LogP contribution in [0, 0.1) is 0 Å². The van der Waals surface area contributed by atoms with Gasteiger partial charge in [-0.1, -0.05) is 6.07 Å². The second-order valence-corrected chi connectivity index (χ2v) is 4.93. The highest BCUT2D eigenvalue weighted by atomic mass is 16.2. The molecule has 104 valence electrons. The van der Waals surface area contributed by atoms with Gasteiger partial charge in [0.1, 0.15) is 0 Å². The number of hydrogen-bond acceptors (Lipinski definition) is 3. The number of aromatic nitrogens is 1. The van der Waals surface area contributed by atoms with Crippen molar-refractivity contribution < 1.29 is 4.79 Å². The average molecular weight is 269 g/mol. The van der Waals surface area contributed by atoms with Crippen molar-refractivity contribution in [1.82, 2.24) is 9.88 Å². The van der Waals surface area contributed by atoms with Crippen LogP contribution in [0.4, 0.5) is 5.69 Å². The molecular formula is C16H19N3O. The van der Waals surface area contributed by atoms with Gasteiger partial charge >= 0.3 is 0 Å². The van der Waals surface area contributed by atoms with E-state index in [0.717, 1.165) is 11.3 Å². The molecule has 1 N–H and O–H groups in total. The largest absolute Gasteiger partial charge is 0.378 e. The van der Waals surface area contributed by atoms with E-state index in [9.17, 15) is 4.79 Å². The van der Waals surface area contributed by atoms with E-state index >= 15 is 0 Å². The normalized spacial score (nSPS) is 11.8. The topological polar surface area (TPSA) is 45.2 Å². The number of carbonyl (C=O) groups is 1. The van der Waals surface area contributed by atoms with Crippen LogP contribution in [0.3, 0.4) is 0 Å². The van der Waals surface area contributed by atoms with E-state index in [4.69, 9.17) is 0 Å². The maximum absolute atomic E-state index is 11.8. The highest BCUT2D eigenvalue weighted by Crippen LogP contribution is 2.19. The van der Waals surface area contributed by atoms with Crippen molar-refractivity contribution in [1.29, 1.82) is 0 Å². The summed E-state index contributed by atoms with van der Waals surface area (Å²) in [5.41, 5.74) is 2.80. The Morgan fingerprint density at radius 2 is 1.90 bits per heavy atom. The van der Waals surface area contributed by atoms with E-state index in [1.807, 2.05) is 42.6 Å². The first-order valence-corrected chi connectivity index (χ1v) is 6.56. The van der Waals surface area contributed by atoms with Crippen LogP contribution in [-0.4, -0.2) is 29.9 Å². The Kier molecular flexibility index (Phi) is 4.35. The van der Waals surface area contributed by atoms with Crippen molar-refractivity contribution in [2.24, 2.45) is 0 Å². The minimum atomic E-state index is 0.0110. The fourth-order valence-electron chi connectivity index (χ4n) is 1.93.